The molecule has 0 bridgehead atoms. The molecule has 0 saturated heterocycles. The van der Waals surface area contributed by atoms with Gasteiger partial charge in [0, 0.05) is 45.1 Å². The maximum atomic E-state index is 15.6. The van der Waals surface area contributed by atoms with E-state index in [0.29, 0.717) is 50.0 Å². The first-order chi connectivity index (χ1) is 44.8. The molecule has 2 N–H and O–H groups in total. The number of benzene rings is 6. The van der Waals surface area contributed by atoms with Crippen LogP contribution in [0.5, 0.6) is 0 Å². The van der Waals surface area contributed by atoms with Crippen molar-refractivity contribution in [1.29, 1.82) is 0 Å². The molecule has 4 aromatic heterocycles. The smallest absolute Gasteiger partial charge is 0.545 e. The second-order valence-corrected chi connectivity index (χ2v) is 21.9. The second kappa shape index (κ2) is 34.4. The van der Waals surface area contributed by atoms with Gasteiger partial charge in [-0.2, -0.15) is 10.2 Å². The van der Waals surface area contributed by atoms with Crippen LogP contribution in [0.4, 0.5) is 38.5 Å². The summed E-state index contributed by atoms with van der Waals surface area (Å²) < 4.78 is 88.1. The van der Waals surface area contributed by atoms with Crippen LogP contribution in [0.2, 0.25) is 0 Å². The Hall–Kier alpha value is -8.75. The molecule has 22 nitrogen and oxygen atoms in total. The number of alkyl halides is 1. The van der Waals surface area contributed by atoms with Gasteiger partial charge in [-0.1, -0.05) is 86.1 Å². The topological polar surface area (TPSA) is 290 Å². The molecule has 94 heavy (non-hydrogen) atoms. The Morgan fingerprint density at radius 2 is 1.02 bits per heavy atom. The number of esters is 1. The van der Waals surface area contributed by atoms with Gasteiger partial charge < -0.3 is 43.8 Å². The van der Waals surface area contributed by atoms with E-state index in [-0.39, 0.29) is 99.9 Å². The van der Waals surface area contributed by atoms with Gasteiger partial charge in [-0.05, 0) is 90.8 Å². The van der Waals surface area contributed by atoms with Gasteiger partial charge in [0.15, 0.2) is 17.3 Å². The quantitative estimate of drug-likeness (QED) is 0.0115. The molecule has 0 saturated carbocycles. The standard InChI is InChI=1S/C32H27F2N5O6S.C24H20ClF2N5O3S.C8H8O3.K/c1-20(29-38-28(15-46-29)22-7-10-25(35-2)11-8-22)32(16-39-18-36-17-37-39,26-12-9-24(33)13-27(26)34)45-31(42)44-19-43-30(41)23-5-3-21(14-40)4-6-23;1-15(22-31-21(10-36-22)16-3-6-18(28-2)7-4-16)24(35-23(33)34-12-25,11-32-14-29-13-30-32)19-8-5-17(26)9-20(19)27;9-5-6-1-3-7(4-2-6)8(10)11;/h3-13,15,17-18,20,40H,2,14,16,19H2,1H3;3-10,13-15H,2,11-12H2,1H3;1-4,9H,5H2,(H,10,11);/q;;;+1/p-1/t20-,32?;15-,24?;;/m00../s1. The number of carboxylic acids is 1. The maximum Gasteiger partial charge on any atom is 1.00 e. The van der Waals surface area contributed by atoms with Crippen LogP contribution in [-0.2, 0) is 61.2 Å². The third-order valence-corrected chi connectivity index (χ3v) is 16.4. The first-order valence-corrected chi connectivity index (χ1v) is 29.8. The van der Waals surface area contributed by atoms with Crippen molar-refractivity contribution in [3.63, 3.8) is 0 Å². The van der Waals surface area contributed by atoms with Crippen molar-refractivity contribution in [1.82, 2.24) is 39.5 Å². The van der Waals surface area contributed by atoms with E-state index in [1.807, 2.05) is 29.6 Å². The Bertz CT molecular complexity index is 4160. The number of thiazole rings is 2. The van der Waals surface area contributed by atoms with E-state index in [2.05, 4.69) is 43.6 Å². The number of ether oxygens (including phenoxy) is 5. The van der Waals surface area contributed by atoms with Crippen LogP contribution >= 0.6 is 34.3 Å². The number of rotatable bonds is 23. The Labute approximate surface area is 589 Å². The molecule has 6 aromatic carbocycles. The zero-order chi connectivity index (χ0) is 66.7. The van der Waals surface area contributed by atoms with Crippen molar-refractivity contribution in [3.8, 4) is 22.5 Å². The second-order valence-electron chi connectivity index (χ2n) is 19.9. The molecule has 0 aliphatic heterocycles. The molecule has 0 radical (unpaired) electrons. The van der Waals surface area contributed by atoms with Crippen LogP contribution in [0.3, 0.4) is 0 Å². The predicted molar refractivity (Wildman–Crippen MR) is 332 cm³/mol. The fraction of sp³-hybridized carbons (Fsp3) is 0.188. The maximum absolute atomic E-state index is 15.6. The van der Waals surface area contributed by atoms with E-state index in [0.717, 1.165) is 29.3 Å². The molecule has 4 heterocycles. The van der Waals surface area contributed by atoms with Gasteiger partial charge >= 0.3 is 69.7 Å². The van der Waals surface area contributed by atoms with Crippen molar-refractivity contribution in [2.45, 2.75) is 63.2 Å². The first kappa shape index (κ1) is 72.7. The Morgan fingerprint density at radius 1 is 0.606 bits per heavy atom. The molecule has 4 atom stereocenters. The number of carbonyl (C=O) groups excluding carboxylic acids is 4. The molecular formula is C64H54ClF4KN10O12S2. The van der Waals surface area contributed by atoms with Gasteiger partial charge in [0.2, 0.25) is 6.79 Å². The molecule has 0 spiro atoms. The van der Waals surface area contributed by atoms with Gasteiger partial charge in [0.1, 0.15) is 58.6 Å². The number of aromatic nitrogens is 8. The van der Waals surface area contributed by atoms with E-state index >= 15 is 8.78 Å². The third kappa shape index (κ3) is 18.5. The fourth-order valence-corrected chi connectivity index (χ4v) is 11.3. The van der Waals surface area contributed by atoms with Crippen LogP contribution in [0.15, 0.2) is 180 Å². The van der Waals surface area contributed by atoms with Gasteiger partial charge in [-0.15, -0.1) is 22.7 Å². The number of aliphatic hydroxyl groups is 2. The zero-order valence-electron chi connectivity index (χ0n) is 50.1. The molecule has 10 rings (SSSR count). The molecule has 0 aliphatic rings. The fourth-order valence-electron chi connectivity index (χ4n) is 9.26. The summed E-state index contributed by atoms with van der Waals surface area (Å²) in [5.74, 6) is -7.10. The van der Waals surface area contributed by atoms with Crippen molar-refractivity contribution in [2.75, 3.05) is 12.9 Å². The number of aromatic carboxylic acids is 1. The molecule has 0 amide bonds. The molecule has 0 fully saturated rings. The Kier molecular flexibility index (Phi) is 26.6. The Balaban J connectivity index is 0.000000231. The van der Waals surface area contributed by atoms with E-state index in [1.54, 1.807) is 67.8 Å². The minimum absolute atomic E-state index is 0. The van der Waals surface area contributed by atoms with Crippen LogP contribution in [0.1, 0.15) is 78.7 Å². The summed E-state index contributed by atoms with van der Waals surface area (Å²) >= 11 is 8.11. The number of halogens is 5. The van der Waals surface area contributed by atoms with Crippen LogP contribution < -0.4 is 56.5 Å². The number of hydrogen-bond acceptors (Lipinski definition) is 22. The normalized spacial score (nSPS) is 12.6. The number of carbonyl (C=O) groups is 4. The largest absolute Gasteiger partial charge is 1.00 e. The average Bonchev–Trinajstić information content (AvgIpc) is 1.23. The molecule has 10 aromatic rings. The SMILES string of the molecule is C=Nc1ccc(-c2csc([C@H](C)C(Cn3cncn3)(OC(=O)OCCl)c3ccc(F)cc3F)n2)cc1.C=Nc1ccc(-c2csc([C@H](C)C(Cn3cncn3)(OC(=O)OCOC(=O)c3ccc(CO)cc3)c3ccc(F)cc3F)n2)cc1.O=C([O-])c1ccc(CO)cc1.[K+]. The zero-order valence-corrected chi connectivity index (χ0v) is 55.6. The van der Waals surface area contributed by atoms with E-state index < -0.39 is 83.4 Å². The average molecular weight is 1370 g/mol. The van der Waals surface area contributed by atoms with Crippen LogP contribution in [-0.4, -0.2) is 100 Å². The van der Waals surface area contributed by atoms with E-state index in [4.69, 9.17) is 50.4 Å². The summed E-state index contributed by atoms with van der Waals surface area (Å²) in [5.41, 5.74) is 1.94. The van der Waals surface area contributed by atoms with Gasteiger partial charge in [-0.3, -0.25) is 9.98 Å². The minimum atomic E-state index is -1.90. The summed E-state index contributed by atoms with van der Waals surface area (Å²) in [5, 5.41) is 40.8. The number of aliphatic imine (C=N–C) groups is 2. The van der Waals surface area contributed by atoms with Gasteiger partial charge in [0.25, 0.3) is 0 Å². The monoisotopic (exact) mass is 1370 g/mol. The van der Waals surface area contributed by atoms with Crippen LogP contribution in [0.25, 0.3) is 22.5 Å². The summed E-state index contributed by atoms with van der Waals surface area (Å²) in [6, 6.07) is 31.9. The molecular weight excluding hydrogens is 1320 g/mol. The first-order valence-electron chi connectivity index (χ1n) is 27.5. The summed E-state index contributed by atoms with van der Waals surface area (Å²) in [6.07, 6.45) is 2.85. The van der Waals surface area contributed by atoms with Gasteiger partial charge in [0.05, 0.1) is 72.4 Å². The number of aliphatic hydroxyl groups excluding tert-OH is 2. The molecule has 2 unspecified atom stereocenters. The van der Waals surface area contributed by atoms with Crippen molar-refractivity contribution in [3.05, 3.63) is 236 Å². The number of hydrogen-bond donors (Lipinski definition) is 2. The number of carboxylic acid groups (broad SMARTS) is 1. The van der Waals surface area contributed by atoms with Crippen molar-refractivity contribution < 1.29 is 127 Å². The predicted octanol–water partition coefficient (Wildman–Crippen LogP) is 8.78. The van der Waals surface area contributed by atoms with E-state index in [9.17, 15) is 38.2 Å². The Morgan fingerprint density at radius 3 is 1.38 bits per heavy atom. The van der Waals surface area contributed by atoms with E-state index in [1.165, 1.54) is 93.7 Å². The van der Waals surface area contributed by atoms with Crippen molar-refractivity contribution >= 4 is 83.3 Å². The molecule has 480 valence electrons. The summed E-state index contributed by atoms with van der Waals surface area (Å²) in [6.45, 7) is 8.90. The third-order valence-electron chi connectivity index (χ3n) is 14.2. The van der Waals surface area contributed by atoms with Crippen molar-refractivity contribution in [2.24, 2.45) is 9.98 Å². The van der Waals surface area contributed by atoms with Crippen LogP contribution in [0, 0.1) is 23.3 Å². The number of nitrogens with zero attached hydrogens (tertiary/aromatic N) is 10. The van der Waals surface area contributed by atoms with Gasteiger partial charge in [-0.25, -0.2) is 61.2 Å². The summed E-state index contributed by atoms with van der Waals surface area (Å²) in [4.78, 5) is 73.6. The minimum Gasteiger partial charge on any atom is -0.545 e. The molecule has 0 aliphatic carbocycles. The summed E-state index contributed by atoms with van der Waals surface area (Å²) in [7, 11) is 0. The molecule has 30 heteroatoms.